The molecule has 3 aromatic carbocycles. The molecule has 8 nitrogen and oxygen atoms in total. The summed E-state index contributed by atoms with van der Waals surface area (Å²) >= 11 is 0. The normalized spacial score (nSPS) is 9.63. The minimum absolute atomic E-state index is 0.0107. The van der Waals surface area contributed by atoms with Crippen molar-refractivity contribution in [1.82, 2.24) is 0 Å². The van der Waals surface area contributed by atoms with Crippen LogP contribution in [0.2, 0.25) is 0 Å². The lowest BCUT2D eigenvalue weighted by molar-refractivity contribution is -0.386. The number of nitrogens with zero attached hydrogens (tertiary/aromatic N) is 2. The summed E-state index contributed by atoms with van der Waals surface area (Å²) in [5.74, 6) is -0.00569. The Morgan fingerprint density at radius 1 is 0.741 bits per heavy atom. The Labute approximate surface area is 154 Å². The van der Waals surface area contributed by atoms with Crippen LogP contribution < -0.4 is 4.74 Å². The van der Waals surface area contributed by atoms with Gasteiger partial charge in [0.05, 0.1) is 9.85 Å². The van der Waals surface area contributed by atoms with Crippen LogP contribution in [0.4, 0.5) is 11.4 Å². The van der Waals surface area contributed by atoms with Gasteiger partial charge in [-0.3, -0.25) is 20.2 Å². The monoisotopic (exact) mass is 368 g/mol. The molecule has 0 aromatic heterocycles. The number of para-hydroxylation sites is 4. The third-order valence-electron chi connectivity index (χ3n) is 3.38. The molecular formula is C19H16N2O6. The first-order valence-electron chi connectivity index (χ1n) is 7.81. The molecule has 0 atom stereocenters. The number of rotatable bonds is 5. The molecule has 8 heteroatoms. The van der Waals surface area contributed by atoms with Gasteiger partial charge in [-0.15, -0.1) is 0 Å². The number of phenols is 1. The molecule has 0 saturated carbocycles. The molecule has 0 aliphatic carbocycles. The van der Waals surface area contributed by atoms with E-state index < -0.39 is 9.85 Å². The van der Waals surface area contributed by atoms with Crippen molar-refractivity contribution >= 4 is 11.4 Å². The van der Waals surface area contributed by atoms with Crippen molar-refractivity contribution < 1.29 is 19.7 Å². The summed E-state index contributed by atoms with van der Waals surface area (Å²) in [5.41, 5.74) is 0.705. The zero-order valence-corrected chi connectivity index (χ0v) is 14.1. The van der Waals surface area contributed by atoms with Gasteiger partial charge in [0, 0.05) is 12.1 Å². The van der Waals surface area contributed by atoms with Crippen LogP contribution in [-0.4, -0.2) is 15.0 Å². The minimum Gasteiger partial charge on any atom is -0.502 e. The Bertz CT molecular complexity index is 915. The van der Waals surface area contributed by atoms with E-state index in [4.69, 9.17) is 9.84 Å². The molecule has 27 heavy (non-hydrogen) atoms. The predicted octanol–water partition coefficient (Wildman–Crippen LogP) is 4.47. The maximum absolute atomic E-state index is 10.8. The van der Waals surface area contributed by atoms with Crippen molar-refractivity contribution in [2.75, 3.05) is 0 Å². The zero-order chi connectivity index (χ0) is 19.6. The van der Waals surface area contributed by atoms with Gasteiger partial charge in [-0.2, -0.15) is 0 Å². The first kappa shape index (κ1) is 19.4. The third kappa shape index (κ3) is 5.82. The number of hydrogen-bond donors (Lipinski definition) is 1. The summed E-state index contributed by atoms with van der Waals surface area (Å²) in [5, 5.41) is 29.7. The van der Waals surface area contributed by atoms with Crippen molar-refractivity contribution in [3.63, 3.8) is 0 Å². The van der Waals surface area contributed by atoms with E-state index in [2.05, 4.69) is 0 Å². The summed E-state index contributed by atoms with van der Waals surface area (Å²) in [6.07, 6.45) is 0. The van der Waals surface area contributed by atoms with Crippen molar-refractivity contribution in [1.29, 1.82) is 0 Å². The summed E-state index contributed by atoms with van der Waals surface area (Å²) < 4.78 is 5.44. The molecule has 3 aromatic rings. The quantitative estimate of drug-likeness (QED) is 0.524. The molecule has 138 valence electrons. The van der Waals surface area contributed by atoms with Crippen molar-refractivity contribution in [3.05, 3.63) is 105 Å². The van der Waals surface area contributed by atoms with E-state index in [-0.39, 0.29) is 17.1 Å². The van der Waals surface area contributed by atoms with Gasteiger partial charge in [0.2, 0.25) is 0 Å². The van der Waals surface area contributed by atoms with Crippen molar-refractivity contribution in [2.45, 2.75) is 6.61 Å². The lowest BCUT2D eigenvalue weighted by atomic mass is 10.2. The Hall–Kier alpha value is -3.94. The van der Waals surface area contributed by atoms with Gasteiger partial charge >= 0.3 is 11.4 Å². The van der Waals surface area contributed by atoms with Gasteiger partial charge in [0.15, 0.2) is 11.5 Å². The minimum atomic E-state index is -0.630. The first-order chi connectivity index (χ1) is 13.0. The Kier molecular flexibility index (Phi) is 6.83. The van der Waals surface area contributed by atoms with Gasteiger partial charge in [-0.1, -0.05) is 54.6 Å². The van der Waals surface area contributed by atoms with Crippen LogP contribution in [-0.2, 0) is 6.61 Å². The fourth-order valence-electron chi connectivity index (χ4n) is 2.08. The van der Waals surface area contributed by atoms with E-state index in [9.17, 15) is 20.2 Å². The number of benzene rings is 3. The Morgan fingerprint density at radius 3 is 1.81 bits per heavy atom. The van der Waals surface area contributed by atoms with E-state index in [0.29, 0.717) is 12.4 Å². The number of aromatic hydroxyl groups is 1. The van der Waals surface area contributed by atoms with E-state index >= 15 is 0 Å². The summed E-state index contributed by atoms with van der Waals surface area (Å²) in [7, 11) is 0. The highest BCUT2D eigenvalue weighted by molar-refractivity contribution is 5.46. The molecule has 0 unspecified atom stereocenters. The van der Waals surface area contributed by atoms with Crippen LogP contribution in [0.25, 0.3) is 0 Å². The van der Waals surface area contributed by atoms with Crippen LogP contribution in [0, 0.1) is 20.2 Å². The van der Waals surface area contributed by atoms with Gasteiger partial charge < -0.3 is 9.84 Å². The van der Waals surface area contributed by atoms with Crippen LogP contribution in [0.15, 0.2) is 78.9 Å². The van der Waals surface area contributed by atoms with Crippen LogP contribution in [0.3, 0.4) is 0 Å². The molecule has 0 saturated heterocycles. The van der Waals surface area contributed by atoms with E-state index in [1.165, 1.54) is 30.3 Å². The van der Waals surface area contributed by atoms with Gasteiger partial charge in [-0.05, 0) is 17.7 Å². The SMILES string of the molecule is O=[N+]([O-])c1ccccc1O.O=[N+]([O-])c1ccccc1OCc1ccccc1. The average molecular weight is 368 g/mol. The zero-order valence-electron chi connectivity index (χ0n) is 14.1. The fraction of sp³-hybridized carbons (Fsp3) is 0.0526. The highest BCUT2D eigenvalue weighted by Crippen LogP contribution is 2.26. The smallest absolute Gasteiger partial charge is 0.310 e. The number of ether oxygens (including phenoxy) is 1. The number of nitro benzene ring substituents is 2. The van der Waals surface area contributed by atoms with Gasteiger partial charge in [-0.25, -0.2) is 0 Å². The molecule has 0 amide bonds. The predicted molar refractivity (Wildman–Crippen MR) is 98.6 cm³/mol. The van der Waals surface area contributed by atoms with Crippen molar-refractivity contribution in [3.8, 4) is 11.5 Å². The largest absolute Gasteiger partial charge is 0.502 e. The molecule has 0 fully saturated rings. The second-order valence-corrected chi connectivity index (χ2v) is 5.24. The van der Waals surface area contributed by atoms with E-state index in [0.717, 1.165) is 5.56 Å². The number of phenolic OH excluding ortho intramolecular Hbond substituents is 1. The second-order valence-electron chi connectivity index (χ2n) is 5.24. The fourth-order valence-corrected chi connectivity index (χ4v) is 2.08. The highest BCUT2D eigenvalue weighted by Gasteiger charge is 2.13. The maximum atomic E-state index is 10.8. The molecule has 0 aliphatic rings. The molecule has 0 radical (unpaired) electrons. The molecule has 3 rings (SSSR count). The lowest BCUT2D eigenvalue weighted by Gasteiger charge is -2.06. The molecule has 0 bridgehead atoms. The highest BCUT2D eigenvalue weighted by atomic mass is 16.6. The lowest BCUT2D eigenvalue weighted by Crippen LogP contribution is -1.98. The Morgan fingerprint density at radius 2 is 1.26 bits per heavy atom. The van der Waals surface area contributed by atoms with Gasteiger partial charge in [0.25, 0.3) is 0 Å². The van der Waals surface area contributed by atoms with E-state index in [1.807, 2.05) is 30.3 Å². The van der Waals surface area contributed by atoms with Crippen LogP contribution >= 0.6 is 0 Å². The summed E-state index contributed by atoms with van der Waals surface area (Å²) in [6.45, 7) is 0.325. The van der Waals surface area contributed by atoms with Gasteiger partial charge in [0.1, 0.15) is 6.61 Å². The number of nitro groups is 2. The molecular weight excluding hydrogens is 352 g/mol. The molecule has 0 spiro atoms. The summed E-state index contributed by atoms with van der Waals surface area (Å²) in [4.78, 5) is 19.8. The number of hydrogen-bond acceptors (Lipinski definition) is 6. The molecule has 0 aliphatic heterocycles. The average Bonchev–Trinajstić information content (AvgIpc) is 2.68. The molecule has 0 heterocycles. The first-order valence-corrected chi connectivity index (χ1v) is 7.81. The summed E-state index contributed by atoms with van der Waals surface area (Å²) in [6, 6.07) is 21.4. The Balaban J connectivity index is 0.000000223. The second kappa shape index (κ2) is 9.52. The topological polar surface area (TPSA) is 116 Å². The standard InChI is InChI=1S/C13H11NO3.C6H5NO3/c15-14(16)12-8-4-5-9-13(12)17-10-11-6-2-1-3-7-11;8-6-4-2-1-3-5(6)7(9)10/h1-9H,10H2;1-4,8H. The van der Waals surface area contributed by atoms with Crippen LogP contribution in [0.1, 0.15) is 5.56 Å². The van der Waals surface area contributed by atoms with Crippen molar-refractivity contribution in [2.24, 2.45) is 0 Å². The maximum Gasteiger partial charge on any atom is 0.310 e. The molecule has 1 N–H and O–H groups in total. The third-order valence-corrected chi connectivity index (χ3v) is 3.38. The van der Waals surface area contributed by atoms with E-state index in [1.54, 1.807) is 18.2 Å². The van der Waals surface area contributed by atoms with Crippen LogP contribution in [0.5, 0.6) is 11.5 Å².